The van der Waals surface area contributed by atoms with Crippen LogP contribution >= 0.6 is 11.3 Å². The van der Waals surface area contributed by atoms with E-state index in [1.165, 1.54) is 42.0 Å². The van der Waals surface area contributed by atoms with Crippen molar-refractivity contribution in [1.29, 1.82) is 0 Å². The highest BCUT2D eigenvalue weighted by atomic mass is 32.1. The topological polar surface area (TPSA) is 48.5 Å². The van der Waals surface area contributed by atoms with Crippen LogP contribution in [0.2, 0.25) is 0 Å². The third-order valence-corrected chi connectivity index (χ3v) is 12.3. The third kappa shape index (κ3) is 5.04. The van der Waals surface area contributed by atoms with Crippen LogP contribution in [-0.2, 0) is 0 Å². The first-order valence-corrected chi connectivity index (χ1v) is 19.9. The summed E-state index contributed by atoms with van der Waals surface area (Å²) < 4.78 is 7.23. The molecule has 0 N–H and O–H groups in total. The lowest BCUT2D eigenvalue weighted by Crippen LogP contribution is -2.06. The molecule has 5 nitrogen and oxygen atoms in total. The maximum Gasteiger partial charge on any atom is 0.238 e. The number of nitrogens with zero attached hydrogens (tertiary/aromatic N) is 5. The van der Waals surface area contributed by atoms with E-state index in [0.29, 0.717) is 17.6 Å². The smallest absolute Gasteiger partial charge is 0.238 e. The number of para-hydroxylation sites is 2. The van der Waals surface area contributed by atoms with Crippen LogP contribution in [-0.4, -0.2) is 24.1 Å². The molecule has 266 valence electrons. The lowest BCUT2D eigenvalue weighted by Gasteiger charge is -2.11. The van der Waals surface area contributed by atoms with Crippen LogP contribution < -0.4 is 0 Å². The van der Waals surface area contributed by atoms with Gasteiger partial charge in [-0.2, -0.15) is 9.97 Å². The minimum Gasteiger partial charge on any atom is -0.309 e. The van der Waals surface area contributed by atoms with Crippen molar-refractivity contribution in [2.75, 3.05) is 0 Å². The van der Waals surface area contributed by atoms with E-state index in [2.05, 4.69) is 137 Å². The lowest BCUT2D eigenvalue weighted by molar-refractivity contribution is 0.953. The Labute approximate surface area is 331 Å². The van der Waals surface area contributed by atoms with Gasteiger partial charge in [0, 0.05) is 58.5 Å². The zero-order valence-electron chi connectivity index (χ0n) is 30.5. The number of hydrogen-bond donors (Lipinski definition) is 0. The van der Waals surface area contributed by atoms with Crippen LogP contribution in [0, 0.1) is 0 Å². The number of thiophene rings is 1. The van der Waals surface area contributed by atoms with Gasteiger partial charge in [-0.25, -0.2) is 4.98 Å². The number of benzene rings is 8. The average Bonchev–Trinajstić information content (AvgIpc) is 3.94. The Kier molecular flexibility index (Phi) is 7.03. The van der Waals surface area contributed by atoms with Crippen molar-refractivity contribution in [3.05, 3.63) is 188 Å². The van der Waals surface area contributed by atoms with E-state index in [1.54, 1.807) is 0 Å². The Bertz CT molecular complexity index is 3470. The molecule has 4 heterocycles. The van der Waals surface area contributed by atoms with Gasteiger partial charge >= 0.3 is 0 Å². The zero-order valence-corrected chi connectivity index (χ0v) is 31.4. The monoisotopic (exact) mass is 745 g/mol. The molecule has 0 spiro atoms. The second-order valence-corrected chi connectivity index (χ2v) is 15.5. The molecular formula is C51H31N5S. The normalized spacial score (nSPS) is 11.9. The summed E-state index contributed by atoms with van der Waals surface area (Å²) in [4.78, 5) is 15.2. The van der Waals surface area contributed by atoms with Crippen molar-refractivity contribution in [1.82, 2.24) is 24.1 Å². The van der Waals surface area contributed by atoms with Gasteiger partial charge in [0.25, 0.3) is 0 Å². The van der Waals surface area contributed by atoms with Gasteiger partial charge in [0.2, 0.25) is 5.95 Å². The molecule has 0 aliphatic rings. The predicted molar refractivity (Wildman–Crippen MR) is 238 cm³/mol. The molecule has 0 unspecified atom stereocenters. The number of rotatable bonds is 5. The van der Waals surface area contributed by atoms with Crippen LogP contribution in [0.5, 0.6) is 0 Å². The SMILES string of the molecule is c1ccc(-c2nc(-c3ccccc3)nc(-n3c4ccccc4c4cc(-c5ccc6c7ccccc7n(-c7ccc8sc9ccccc9c8c7)c6c5)ccc43)n2)cc1. The van der Waals surface area contributed by atoms with Crippen LogP contribution in [0.3, 0.4) is 0 Å². The molecule has 8 aromatic carbocycles. The molecule has 0 radical (unpaired) electrons. The van der Waals surface area contributed by atoms with Crippen molar-refractivity contribution in [3.63, 3.8) is 0 Å². The van der Waals surface area contributed by atoms with Gasteiger partial charge < -0.3 is 4.57 Å². The molecule has 0 fully saturated rings. The maximum atomic E-state index is 5.12. The van der Waals surface area contributed by atoms with E-state index in [4.69, 9.17) is 15.0 Å². The fraction of sp³-hybridized carbons (Fsp3) is 0. The van der Waals surface area contributed by atoms with Gasteiger partial charge in [0.1, 0.15) is 0 Å². The molecule has 12 aromatic rings. The second-order valence-electron chi connectivity index (χ2n) is 14.5. The standard InChI is InChI=1S/C51H31N5S/c1-3-13-32(14-4-1)49-52-50(33-15-5-2-6-16-33)54-51(53-49)56-44-21-11-8-18-38(44)41-29-34(24-27-45(41)56)35-23-26-39-37-17-7-10-20-43(37)55(46(39)30-35)36-25-28-48-42(31-36)40-19-9-12-22-47(40)57-48/h1-31H. The molecule has 6 heteroatoms. The van der Waals surface area contributed by atoms with Gasteiger partial charge in [-0.15, -0.1) is 11.3 Å². The predicted octanol–water partition coefficient (Wildman–Crippen LogP) is 13.4. The second kappa shape index (κ2) is 12.6. The van der Waals surface area contributed by atoms with E-state index in [9.17, 15) is 0 Å². The minimum absolute atomic E-state index is 0.586. The minimum atomic E-state index is 0.586. The fourth-order valence-corrected chi connectivity index (χ4v) is 9.63. The molecule has 0 amide bonds. The Morgan fingerprint density at radius 3 is 1.60 bits per heavy atom. The molecular weight excluding hydrogens is 715 g/mol. The molecule has 4 aromatic heterocycles. The summed E-state index contributed by atoms with van der Waals surface area (Å²) in [6.45, 7) is 0. The third-order valence-electron chi connectivity index (χ3n) is 11.2. The number of fused-ring (bicyclic) bond motifs is 9. The summed E-state index contributed by atoms with van der Waals surface area (Å²) in [5.74, 6) is 1.86. The van der Waals surface area contributed by atoms with Crippen molar-refractivity contribution in [2.24, 2.45) is 0 Å². The van der Waals surface area contributed by atoms with Gasteiger partial charge in [0.05, 0.1) is 22.1 Å². The highest BCUT2D eigenvalue weighted by Crippen LogP contribution is 2.40. The molecule has 0 saturated heterocycles. The van der Waals surface area contributed by atoms with Crippen LogP contribution in [0.4, 0.5) is 0 Å². The summed E-state index contributed by atoms with van der Waals surface area (Å²) in [7, 11) is 0. The Hall–Kier alpha value is -7.41. The van der Waals surface area contributed by atoms with E-state index in [1.807, 2.05) is 72.0 Å². The average molecular weight is 746 g/mol. The van der Waals surface area contributed by atoms with Crippen molar-refractivity contribution in [3.8, 4) is 45.5 Å². The Morgan fingerprint density at radius 2 is 0.860 bits per heavy atom. The van der Waals surface area contributed by atoms with E-state index in [0.717, 1.165) is 49.7 Å². The van der Waals surface area contributed by atoms with Crippen molar-refractivity contribution < 1.29 is 0 Å². The maximum absolute atomic E-state index is 5.12. The summed E-state index contributed by atoms with van der Waals surface area (Å²) in [6, 6.07) is 66.9. The summed E-state index contributed by atoms with van der Waals surface area (Å²) in [5, 5.41) is 7.36. The molecule has 0 aliphatic carbocycles. The van der Waals surface area contributed by atoms with Crippen molar-refractivity contribution >= 4 is 75.1 Å². The van der Waals surface area contributed by atoms with Crippen molar-refractivity contribution in [2.45, 2.75) is 0 Å². The van der Waals surface area contributed by atoms with Crippen LogP contribution in [0.1, 0.15) is 0 Å². The Morgan fingerprint density at radius 1 is 0.316 bits per heavy atom. The number of hydrogen-bond acceptors (Lipinski definition) is 4. The molecule has 0 atom stereocenters. The molecule has 0 bridgehead atoms. The first kappa shape index (κ1) is 31.9. The van der Waals surface area contributed by atoms with Crippen LogP contribution in [0.15, 0.2) is 188 Å². The first-order chi connectivity index (χ1) is 28.2. The highest BCUT2D eigenvalue weighted by molar-refractivity contribution is 7.25. The molecule has 0 aliphatic heterocycles. The molecule has 12 rings (SSSR count). The van der Waals surface area contributed by atoms with Gasteiger partial charge in [-0.3, -0.25) is 4.57 Å². The molecule has 0 saturated carbocycles. The van der Waals surface area contributed by atoms with Gasteiger partial charge in [0.15, 0.2) is 11.6 Å². The van der Waals surface area contributed by atoms with Gasteiger partial charge in [-0.05, 0) is 65.7 Å². The van der Waals surface area contributed by atoms with Gasteiger partial charge in [-0.1, -0.05) is 133 Å². The zero-order chi connectivity index (χ0) is 37.5. The quantitative estimate of drug-likeness (QED) is 0.176. The Balaban J connectivity index is 1.05. The largest absolute Gasteiger partial charge is 0.309 e. The van der Waals surface area contributed by atoms with E-state index in [-0.39, 0.29) is 0 Å². The number of aromatic nitrogens is 5. The summed E-state index contributed by atoms with van der Waals surface area (Å²) >= 11 is 1.85. The van der Waals surface area contributed by atoms with E-state index >= 15 is 0 Å². The first-order valence-electron chi connectivity index (χ1n) is 19.1. The van der Waals surface area contributed by atoms with Crippen LogP contribution in [0.25, 0.3) is 109 Å². The summed E-state index contributed by atoms with van der Waals surface area (Å²) in [5.41, 5.74) is 9.81. The highest BCUT2D eigenvalue weighted by Gasteiger charge is 2.19. The summed E-state index contributed by atoms with van der Waals surface area (Å²) in [6.07, 6.45) is 0. The molecule has 57 heavy (non-hydrogen) atoms. The lowest BCUT2D eigenvalue weighted by atomic mass is 10.0. The van der Waals surface area contributed by atoms with E-state index < -0.39 is 0 Å². The fourth-order valence-electron chi connectivity index (χ4n) is 8.55.